The summed E-state index contributed by atoms with van der Waals surface area (Å²) in [7, 11) is 0. The van der Waals surface area contributed by atoms with Crippen molar-refractivity contribution in [2.24, 2.45) is 39.8 Å². The van der Waals surface area contributed by atoms with Crippen LogP contribution in [0.5, 0.6) is 0 Å². The molecule has 24 N–H and O–H groups in total. The highest BCUT2D eigenvalue weighted by Gasteiger charge is 2.38. The molecule has 0 aromatic rings. The molecule has 0 radical (unpaired) electrons. The molecular formula is C51H89N17O19S. The number of hydrogen-bond acceptors (Lipinski definition) is 21. The van der Waals surface area contributed by atoms with Crippen LogP contribution < -0.4 is 81.4 Å². The summed E-state index contributed by atoms with van der Waals surface area (Å²) >= 11 is 4.09. The molecule has 1 fully saturated rings. The molecule has 0 saturated carbocycles. The molecule has 0 unspecified atom stereocenters. The Morgan fingerprint density at radius 1 is 0.568 bits per heavy atom. The lowest BCUT2D eigenvalue weighted by molar-refractivity contribution is -0.144. The van der Waals surface area contributed by atoms with E-state index in [0.29, 0.717) is 6.42 Å². The average molecular weight is 1280 g/mol. The number of thiol groups is 1. The molecule has 0 aromatic heterocycles. The van der Waals surface area contributed by atoms with Gasteiger partial charge in [-0.25, -0.2) is 4.79 Å². The van der Waals surface area contributed by atoms with E-state index >= 15 is 0 Å². The first kappa shape index (κ1) is 78.0. The van der Waals surface area contributed by atoms with Gasteiger partial charge in [0.2, 0.25) is 76.8 Å². The van der Waals surface area contributed by atoms with Crippen LogP contribution >= 0.6 is 12.6 Å². The van der Waals surface area contributed by atoms with Crippen LogP contribution in [-0.2, 0) is 67.1 Å². The molecule has 0 aliphatic carbocycles. The molecule has 36 nitrogen and oxygen atoms in total. The summed E-state index contributed by atoms with van der Waals surface area (Å²) in [5, 5.41) is 74.3. The van der Waals surface area contributed by atoms with Crippen molar-refractivity contribution in [3.63, 3.8) is 0 Å². The van der Waals surface area contributed by atoms with Gasteiger partial charge in [0.15, 0.2) is 5.96 Å². The van der Waals surface area contributed by atoms with Crippen LogP contribution in [0.15, 0.2) is 4.99 Å². The first-order valence-corrected chi connectivity index (χ1v) is 28.9. The summed E-state index contributed by atoms with van der Waals surface area (Å²) in [6.07, 6.45) is -1.30. The largest absolute Gasteiger partial charge is 0.480 e. The Labute approximate surface area is 512 Å². The Morgan fingerprint density at radius 3 is 1.52 bits per heavy atom. The van der Waals surface area contributed by atoms with Gasteiger partial charge >= 0.3 is 5.97 Å². The minimum absolute atomic E-state index is 0.0295. The minimum Gasteiger partial charge on any atom is -0.480 e. The van der Waals surface area contributed by atoms with Gasteiger partial charge in [-0.2, -0.15) is 12.6 Å². The van der Waals surface area contributed by atoms with E-state index in [9.17, 15) is 87.5 Å². The van der Waals surface area contributed by atoms with E-state index in [4.69, 9.17) is 28.0 Å². The Kier molecular flexibility index (Phi) is 35.2. The molecule has 88 heavy (non-hydrogen) atoms. The zero-order valence-corrected chi connectivity index (χ0v) is 50.9. The van der Waals surface area contributed by atoms with E-state index in [-0.39, 0.29) is 75.8 Å². The molecule has 0 spiro atoms. The van der Waals surface area contributed by atoms with Gasteiger partial charge in [-0.15, -0.1) is 0 Å². The van der Waals surface area contributed by atoms with Crippen LogP contribution in [0.25, 0.3) is 0 Å². The molecule has 13 amide bonds. The molecule has 37 heteroatoms. The van der Waals surface area contributed by atoms with Crippen LogP contribution in [-0.4, -0.2) is 243 Å². The lowest BCUT2D eigenvalue weighted by atomic mass is 10.0. The Morgan fingerprint density at radius 2 is 1.03 bits per heavy atom. The van der Waals surface area contributed by atoms with E-state index in [1.165, 1.54) is 4.90 Å². The smallest absolute Gasteiger partial charge is 0.328 e. The second-order valence-electron chi connectivity index (χ2n) is 21.5. The third-order valence-corrected chi connectivity index (χ3v) is 13.4. The molecule has 12 atom stereocenters. The van der Waals surface area contributed by atoms with Crippen molar-refractivity contribution < 1.29 is 92.7 Å². The lowest BCUT2D eigenvalue weighted by Crippen LogP contribution is -2.61. The number of carbonyl (C=O) groups excluding carboxylic acids is 13. The fraction of sp³-hybridized carbons (Fsp3) is 0.706. The van der Waals surface area contributed by atoms with Gasteiger partial charge < -0.3 is 112 Å². The second-order valence-corrected chi connectivity index (χ2v) is 21.9. The van der Waals surface area contributed by atoms with Crippen molar-refractivity contribution in [1.82, 2.24) is 63.4 Å². The quantitative estimate of drug-likeness (QED) is 0.0117. The van der Waals surface area contributed by atoms with Gasteiger partial charge in [0, 0.05) is 25.3 Å². The summed E-state index contributed by atoms with van der Waals surface area (Å²) < 4.78 is 0. The van der Waals surface area contributed by atoms with Gasteiger partial charge in [0.05, 0.1) is 45.1 Å². The van der Waals surface area contributed by atoms with Crippen LogP contribution in [0.4, 0.5) is 0 Å². The van der Waals surface area contributed by atoms with E-state index in [2.05, 4.69) is 70.8 Å². The Hall–Kier alpha value is -8.00. The molecular weight excluding hydrogens is 1190 g/mol. The molecule has 1 aliphatic heterocycles. The normalized spacial score (nSPS) is 16.6. The molecule has 1 rings (SSSR count). The Bertz CT molecular complexity index is 2470. The third kappa shape index (κ3) is 28.2. The van der Waals surface area contributed by atoms with Gasteiger partial charge in [-0.3, -0.25) is 67.3 Å². The van der Waals surface area contributed by atoms with Crippen molar-refractivity contribution in [3.8, 4) is 0 Å². The third-order valence-electron chi connectivity index (χ3n) is 13.1. The van der Waals surface area contributed by atoms with Crippen LogP contribution in [0.2, 0.25) is 0 Å². The maximum Gasteiger partial charge on any atom is 0.328 e. The molecule has 498 valence electrons. The highest BCUT2D eigenvalue weighted by molar-refractivity contribution is 7.80. The van der Waals surface area contributed by atoms with Crippen LogP contribution in [0.1, 0.15) is 92.9 Å². The molecule has 0 bridgehead atoms. The number of aliphatic hydroxyl groups is 4. The summed E-state index contributed by atoms with van der Waals surface area (Å²) in [6, 6.07) is -16.4. The monoisotopic (exact) mass is 1280 g/mol. The fourth-order valence-corrected chi connectivity index (χ4v) is 8.60. The zero-order chi connectivity index (χ0) is 67.1. The van der Waals surface area contributed by atoms with Gasteiger partial charge in [-0.05, 0) is 70.6 Å². The topological polar surface area (TPSA) is 592 Å². The number of nitrogens with zero attached hydrogens (tertiary/aromatic N) is 2. The number of nitrogens with one attached hydrogen (secondary N) is 11. The van der Waals surface area contributed by atoms with E-state index in [1.807, 2.05) is 5.32 Å². The highest BCUT2D eigenvalue weighted by Crippen LogP contribution is 2.19. The average Bonchev–Trinajstić information content (AvgIpc) is 2.15. The molecule has 1 saturated heterocycles. The van der Waals surface area contributed by atoms with E-state index in [0.717, 1.165) is 13.8 Å². The number of aliphatic hydroxyl groups excluding tert-OH is 4. The number of amides is 13. The number of aliphatic carboxylic acids is 1. The number of primary amides is 1. The Balaban J connectivity index is 3.16. The molecule has 1 heterocycles. The lowest BCUT2D eigenvalue weighted by Gasteiger charge is -2.28. The van der Waals surface area contributed by atoms with Gasteiger partial charge in [0.1, 0.15) is 60.4 Å². The number of carbonyl (C=O) groups is 14. The number of carboxylic acids is 1. The molecule has 1 aliphatic rings. The number of nitrogens with two attached hydrogens (primary N) is 4. The van der Waals surface area contributed by atoms with Crippen molar-refractivity contribution >= 4 is 101 Å². The van der Waals surface area contributed by atoms with Crippen LogP contribution in [0.3, 0.4) is 0 Å². The van der Waals surface area contributed by atoms with Gasteiger partial charge in [0.25, 0.3) is 0 Å². The predicted octanol–water partition coefficient (Wildman–Crippen LogP) is -10.3. The van der Waals surface area contributed by atoms with Crippen molar-refractivity contribution in [3.05, 3.63) is 0 Å². The fourth-order valence-electron chi connectivity index (χ4n) is 8.34. The predicted molar refractivity (Wildman–Crippen MR) is 313 cm³/mol. The maximum absolute atomic E-state index is 14.2. The number of carboxylic acid groups (broad SMARTS) is 1. The van der Waals surface area contributed by atoms with Gasteiger partial charge in [-0.1, -0.05) is 27.7 Å². The standard InChI is InChI=1S/C51H89N17O19S/c1-23(2)15-29(63-44(80)31(19-69)60-38(75)18-57-37(74)17-58-47(83)35-10-8-14-68(35)49(85)27(52)11-12-36(53)73)42(78)61-28(9-7-13-56-51(54)55)41(77)62-30(16-24(3)4)43(79)64-32(20-70)45(81)66-34(22-88)46(82)59-25(5)40(76)67-39(26(6)72)48(84)65-33(21-71)50(86)87/h23-35,39,69-72,88H,7-22,52H2,1-6H3,(H2,53,73)(H,57,74)(H,58,83)(H,59,82)(H,60,75)(H,61,78)(H,62,77)(H,63,80)(H,64,79)(H,65,84)(H,66,81)(H,67,76)(H,86,87)(H4,54,55,56)/t25-,26+,27-,28-,29-,30-,31-,32-,33-,34-,35-,39-/m0/s1. The summed E-state index contributed by atoms with van der Waals surface area (Å²) in [4.78, 5) is 187. The minimum atomic E-state index is -1.78. The van der Waals surface area contributed by atoms with E-state index in [1.54, 1.807) is 27.7 Å². The summed E-state index contributed by atoms with van der Waals surface area (Å²) in [5.74, 6) is -15.0. The first-order chi connectivity index (χ1) is 41.2. The summed E-state index contributed by atoms with van der Waals surface area (Å²) in [5.41, 5.74) is 22.0. The van der Waals surface area contributed by atoms with Crippen molar-refractivity contribution in [2.45, 2.75) is 165 Å². The number of likely N-dealkylation sites (tertiary alicyclic amines) is 1. The van der Waals surface area contributed by atoms with E-state index < -0.39 is 194 Å². The number of guanidine groups is 1. The first-order valence-electron chi connectivity index (χ1n) is 28.2. The second kappa shape index (κ2) is 39.7. The van der Waals surface area contributed by atoms with Crippen molar-refractivity contribution in [1.29, 1.82) is 0 Å². The zero-order valence-electron chi connectivity index (χ0n) is 50.0. The molecule has 0 aromatic carbocycles. The maximum atomic E-state index is 14.2. The number of rotatable bonds is 40. The number of aliphatic imine (C=N–C) groups is 1. The number of hydrogen-bond donors (Lipinski definition) is 21. The summed E-state index contributed by atoms with van der Waals surface area (Å²) in [6.45, 7) is 4.77. The highest BCUT2D eigenvalue weighted by atomic mass is 32.1. The van der Waals surface area contributed by atoms with Crippen LogP contribution in [0, 0.1) is 11.8 Å². The van der Waals surface area contributed by atoms with Crippen molar-refractivity contribution in [2.75, 3.05) is 51.8 Å². The SMILES string of the molecule is CC(C)C[C@H](NC(=O)[C@H](CO)NC(=O)CNC(=O)CNC(=O)[C@@H]1CCCN1C(=O)[C@@H](N)CCC(N)=O)C(=O)N[C@@H](CCCN=C(N)N)C(=O)N[C@@H](CC(C)C)C(=O)N[C@@H](CO)C(=O)N[C@@H](CS)C(=O)N[C@@H](C)C(=O)N[C@H](C(=O)N[C@@H](CO)C(=O)O)[C@@H](C)O.